The minimum atomic E-state index is 0. The van der Waals surface area contributed by atoms with Gasteiger partial charge in [-0.1, -0.05) is 121 Å². The van der Waals surface area contributed by atoms with Crippen LogP contribution in [0.15, 0.2) is 164 Å². The van der Waals surface area contributed by atoms with E-state index in [-0.39, 0.29) is 20.1 Å². The van der Waals surface area contributed by atoms with Gasteiger partial charge in [0.05, 0.1) is 22.9 Å². The SMILES string of the molecule is Cc1c[c-]c(-c2cc(-c3ccccc3)c(C)cn2)cc1-c1ccccc1.[Ir].[c-]1cc2c3c(c1-c1ccccn1)Oc1ccccc1N3c1ccccc1O2. The van der Waals surface area contributed by atoms with Crippen molar-refractivity contribution in [2.45, 2.75) is 13.8 Å². The number of anilines is 3. The second-order valence-corrected chi connectivity index (χ2v) is 13.0. The van der Waals surface area contributed by atoms with Crippen molar-refractivity contribution in [3.63, 3.8) is 0 Å². The molecule has 0 N–H and O–H groups in total. The Bertz CT molecular complexity index is 2500. The van der Waals surface area contributed by atoms with Crippen LogP contribution in [0.4, 0.5) is 17.1 Å². The standard InChI is InChI=1S/C25H20N.C23H13N2O2.Ir/c1-18-13-14-22(15-23(18)20-9-5-3-6-10-20)25-16-24(19(2)17-26-25)21-11-7-4-8-12-21;1-3-10-19-17(8-1)25-18-9-2-4-11-20(18)27-23-15(16-7-5-6-14-24-16)12-13-21(26-19)22(23)25;/h3-13,15-17H,1-2H3;1-11,13-14H;/q2*-1;. The number of benzene rings is 6. The Morgan fingerprint density at radius 2 is 1.15 bits per heavy atom. The Morgan fingerprint density at radius 1 is 0.537 bits per heavy atom. The zero-order valence-corrected chi connectivity index (χ0v) is 32.0. The molecule has 6 aromatic carbocycles. The summed E-state index contributed by atoms with van der Waals surface area (Å²) in [4.78, 5) is 11.4. The molecule has 2 aliphatic heterocycles. The molecule has 6 heteroatoms. The molecule has 8 aromatic rings. The summed E-state index contributed by atoms with van der Waals surface area (Å²) < 4.78 is 12.5. The summed E-state index contributed by atoms with van der Waals surface area (Å²) in [6.07, 6.45) is 3.73. The predicted octanol–water partition coefficient (Wildman–Crippen LogP) is 12.7. The number of pyridine rings is 2. The molecule has 2 aliphatic rings. The zero-order chi connectivity index (χ0) is 35.7. The smallest absolute Gasteiger partial charge is 0.138 e. The largest absolute Gasteiger partial charge is 0.497 e. The number of nitrogens with zero attached hydrogens (tertiary/aromatic N) is 3. The summed E-state index contributed by atoms with van der Waals surface area (Å²) in [5, 5.41) is 0. The maximum atomic E-state index is 6.33. The summed E-state index contributed by atoms with van der Waals surface area (Å²) >= 11 is 0. The van der Waals surface area contributed by atoms with Crippen molar-refractivity contribution >= 4 is 17.1 Å². The van der Waals surface area contributed by atoms with Gasteiger partial charge in [0.1, 0.15) is 11.5 Å². The second-order valence-electron chi connectivity index (χ2n) is 13.0. The molecule has 0 saturated carbocycles. The quantitative estimate of drug-likeness (QED) is 0.165. The molecule has 0 spiro atoms. The normalized spacial score (nSPS) is 11.6. The third-order valence-corrected chi connectivity index (χ3v) is 9.52. The summed E-state index contributed by atoms with van der Waals surface area (Å²) in [5.74, 6) is 3.04. The average molecular weight is 876 g/mol. The molecular weight excluding hydrogens is 843 g/mol. The third-order valence-electron chi connectivity index (χ3n) is 9.52. The first-order valence-corrected chi connectivity index (χ1v) is 17.6. The number of hydrogen-bond donors (Lipinski definition) is 0. The Labute approximate surface area is 328 Å². The molecule has 263 valence electrons. The van der Waals surface area contributed by atoms with E-state index in [2.05, 4.69) is 120 Å². The van der Waals surface area contributed by atoms with Gasteiger partial charge in [0, 0.05) is 38.2 Å². The molecule has 0 aliphatic carbocycles. The summed E-state index contributed by atoms with van der Waals surface area (Å²) in [6.45, 7) is 4.23. The van der Waals surface area contributed by atoms with Gasteiger partial charge in [0.2, 0.25) is 0 Å². The Hall–Kier alpha value is -6.33. The van der Waals surface area contributed by atoms with Crippen LogP contribution >= 0.6 is 0 Å². The van der Waals surface area contributed by atoms with E-state index in [0.717, 1.165) is 56.8 Å². The van der Waals surface area contributed by atoms with Gasteiger partial charge in [-0.25, -0.2) is 0 Å². The Balaban J connectivity index is 0.000000151. The minimum absolute atomic E-state index is 0. The van der Waals surface area contributed by atoms with E-state index < -0.39 is 0 Å². The van der Waals surface area contributed by atoms with Crippen molar-refractivity contribution in [1.29, 1.82) is 0 Å². The van der Waals surface area contributed by atoms with E-state index in [0.29, 0.717) is 5.75 Å². The van der Waals surface area contributed by atoms with Gasteiger partial charge < -0.3 is 24.3 Å². The van der Waals surface area contributed by atoms with Crippen molar-refractivity contribution in [1.82, 2.24) is 9.97 Å². The number of ether oxygens (including phenoxy) is 2. The first kappa shape index (κ1) is 34.7. The number of aryl methyl sites for hydroxylation is 2. The Kier molecular flexibility index (Phi) is 9.62. The molecule has 0 atom stereocenters. The van der Waals surface area contributed by atoms with Crippen molar-refractivity contribution in [2.75, 3.05) is 4.90 Å². The van der Waals surface area contributed by atoms with Crippen LogP contribution in [-0.2, 0) is 20.1 Å². The van der Waals surface area contributed by atoms with Crippen LogP contribution in [0.25, 0.3) is 44.8 Å². The molecule has 1 radical (unpaired) electrons. The average Bonchev–Trinajstić information content (AvgIpc) is 3.22. The predicted molar refractivity (Wildman–Crippen MR) is 212 cm³/mol. The van der Waals surface area contributed by atoms with Gasteiger partial charge in [-0.05, 0) is 70.9 Å². The number of hydrogen-bond acceptors (Lipinski definition) is 5. The molecule has 10 rings (SSSR count). The van der Waals surface area contributed by atoms with Gasteiger partial charge in [-0.2, -0.15) is 0 Å². The van der Waals surface area contributed by atoms with Gasteiger partial charge in [0.15, 0.2) is 0 Å². The van der Waals surface area contributed by atoms with E-state index in [1.807, 2.05) is 79.0 Å². The topological polar surface area (TPSA) is 47.5 Å². The van der Waals surface area contributed by atoms with E-state index >= 15 is 0 Å². The Morgan fingerprint density at radius 3 is 1.81 bits per heavy atom. The fourth-order valence-corrected chi connectivity index (χ4v) is 6.89. The van der Waals surface area contributed by atoms with E-state index in [1.165, 1.54) is 33.4 Å². The van der Waals surface area contributed by atoms with Gasteiger partial charge in [0.25, 0.3) is 0 Å². The second kappa shape index (κ2) is 15.0. The minimum Gasteiger partial charge on any atom is -0.497 e. The van der Waals surface area contributed by atoms with Crippen LogP contribution in [0.1, 0.15) is 11.1 Å². The van der Waals surface area contributed by atoms with Gasteiger partial charge in [-0.15, -0.1) is 41.5 Å². The van der Waals surface area contributed by atoms with Crippen LogP contribution < -0.4 is 14.4 Å². The van der Waals surface area contributed by atoms with Gasteiger partial charge >= 0.3 is 0 Å². The van der Waals surface area contributed by atoms with Crippen LogP contribution in [0.3, 0.4) is 0 Å². The fourth-order valence-electron chi connectivity index (χ4n) is 6.89. The van der Waals surface area contributed by atoms with Crippen LogP contribution in [-0.4, -0.2) is 9.97 Å². The van der Waals surface area contributed by atoms with Crippen LogP contribution in [0.5, 0.6) is 23.0 Å². The molecule has 5 nitrogen and oxygen atoms in total. The first-order chi connectivity index (χ1) is 26.1. The van der Waals surface area contributed by atoms with E-state index in [9.17, 15) is 0 Å². The molecule has 0 saturated heterocycles. The number of aromatic nitrogens is 2. The molecule has 2 aromatic heterocycles. The molecular formula is C48H33IrN3O2-2. The maximum Gasteiger partial charge on any atom is 0.138 e. The summed E-state index contributed by atoms with van der Waals surface area (Å²) in [5.41, 5.74) is 13.7. The van der Waals surface area contributed by atoms with Crippen molar-refractivity contribution < 1.29 is 29.6 Å². The first-order valence-electron chi connectivity index (χ1n) is 17.6. The van der Waals surface area contributed by atoms with Crippen molar-refractivity contribution in [2.24, 2.45) is 0 Å². The molecule has 0 bridgehead atoms. The molecule has 0 amide bonds. The molecule has 0 unspecified atom stereocenters. The van der Waals surface area contributed by atoms with Crippen molar-refractivity contribution in [3.05, 3.63) is 187 Å². The van der Waals surface area contributed by atoms with E-state index in [4.69, 9.17) is 9.47 Å². The third kappa shape index (κ3) is 6.47. The van der Waals surface area contributed by atoms with Gasteiger partial charge in [-0.3, -0.25) is 0 Å². The molecule has 4 heterocycles. The molecule has 54 heavy (non-hydrogen) atoms. The molecule has 0 fully saturated rings. The number of rotatable bonds is 4. The summed E-state index contributed by atoms with van der Waals surface area (Å²) in [7, 11) is 0. The fraction of sp³-hybridized carbons (Fsp3) is 0.0417. The number of para-hydroxylation sites is 4. The van der Waals surface area contributed by atoms with Crippen molar-refractivity contribution in [3.8, 4) is 67.8 Å². The number of fused-ring (bicyclic) bond motifs is 4. The summed E-state index contributed by atoms with van der Waals surface area (Å²) in [6, 6.07) is 57.8. The zero-order valence-electron chi connectivity index (χ0n) is 29.6. The maximum absolute atomic E-state index is 6.33. The monoisotopic (exact) mass is 876 g/mol. The van der Waals surface area contributed by atoms with Crippen LogP contribution in [0, 0.1) is 26.0 Å². The van der Waals surface area contributed by atoms with E-state index in [1.54, 1.807) is 6.20 Å². The van der Waals surface area contributed by atoms with Crippen LogP contribution in [0.2, 0.25) is 0 Å².